The van der Waals surface area contributed by atoms with Crippen molar-refractivity contribution in [2.45, 2.75) is 117 Å². The van der Waals surface area contributed by atoms with Crippen molar-refractivity contribution >= 4 is 47.8 Å². The summed E-state index contributed by atoms with van der Waals surface area (Å²) in [6, 6.07) is 29.7. The van der Waals surface area contributed by atoms with Crippen LogP contribution in [0.1, 0.15) is 109 Å². The highest BCUT2D eigenvalue weighted by Crippen LogP contribution is 2.37. The van der Waals surface area contributed by atoms with E-state index in [1.54, 1.807) is 5.38 Å². The molecule has 9 nitrogen and oxygen atoms in total. The first-order valence-corrected chi connectivity index (χ1v) is 23.2. The number of hydrogen-bond donors (Lipinski definition) is 2. The largest absolute Gasteiger partial charge is 0.455 e. The Bertz CT molecular complexity index is 1810. The minimum atomic E-state index is -2.90. The molecular weight excluding hydrogens is 749 g/mol. The van der Waals surface area contributed by atoms with Gasteiger partial charge in [-0.1, -0.05) is 153 Å². The average Bonchev–Trinajstić information content (AvgIpc) is 3.69. The number of nitrogens with one attached hydrogen (secondary N) is 1. The van der Waals surface area contributed by atoms with E-state index in [1.807, 2.05) is 56.0 Å². The van der Waals surface area contributed by atoms with Gasteiger partial charge in [-0.2, -0.15) is 0 Å². The molecule has 2 amide bonds. The van der Waals surface area contributed by atoms with Crippen LogP contribution in [0.5, 0.6) is 0 Å². The first-order valence-electron chi connectivity index (χ1n) is 20.4. The Morgan fingerprint density at radius 1 is 0.895 bits per heavy atom. The van der Waals surface area contributed by atoms with Gasteiger partial charge in [0, 0.05) is 31.3 Å². The Kier molecular flexibility index (Phi) is 16.8. The summed E-state index contributed by atoms with van der Waals surface area (Å²) in [5, 5.41) is 7.56. The Morgan fingerprint density at radius 2 is 1.46 bits per heavy atom. The fourth-order valence-electron chi connectivity index (χ4n) is 7.58. The molecule has 0 radical (unpaired) electrons. The van der Waals surface area contributed by atoms with Crippen LogP contribution in [0.2, 0.25) is 5.04 Å². The summed E-state index contributed by atoms with van der Waals surface area (Å²) in [5.41, 5.74) is 7.78. The van der Waals surface area contributed by atoms with Crippen LogP contribution in [0.25, 0.3) is 0 Å². The smallest absolute Gasteiger partial charge is 0.303 e. The highest BCUT2D eigenvalue weighted by molar-refractivity contribution is 7.09. The number of ether oxygens (including phenoxy) is 1. The molecule has 5 atom stereocenters. The Morgan fingerprint density at radius 3 is 1.95 bits per heavy atom. The standard InChI is InChI=1S/C46H64N4O5SSi/c1-10-27-50(45(53)42(47)33(5)11-2)40(32(3)4)29-41(55-34(6)51)44-49-39(31-56-44)43(52)48-36(28-35-21-15-12-16-22-35)30-54-57(46(7,8)9,37-23-17-13-18-24-37)38-25-19-14-20-26-38/h12-26,31-33,36,40-42H,10-11,27-30,47H2,1-9H3,(H,48,52)/t33-,36-,40+,41+,42-/m0/s1. The molecule has 11 heteroatoms. The van der Waals surface area contributed by atoms with Crippen molar-refractivity contribution in [1.29, 1.82) is 0 Å². The summed E-state index contributed by atoms with van der Waals surface area (Å²) >= 11 is 1.27. The first-order chi connectivity index (χ1) is 27.1. The maximum Gasteiger partial charge on any atom is 0.303 e. The van der Waals surface area contributed by atoms with Gasteiger partial charge in [-0.25, -0.2) is 4.98 Å². The van der Waals surface area contributed by atoms with Crippen molar-refractivity contribution in [2.24, 2.45) is 17.6 Å². The number of thiazole rings is 1. The number of nitrogens with two attached hydrogens (primary N) is 1. The van der Waals surface area contributed by atoms with E-state index in [1.165, 1.54) is 18.3 Å². The van der Waals surface area contributed by atoms with E-state index in [-0.39, 0.29) is 53.1 Å². The molecule has 3 N–H and O–H groups in total. The molecule has 3 aromatic carbocycles. The molecule has 4 aromatic rings. The van der Waals surface area contributed by atoms with E-state index in [4.69, 9.17) is 19.9 Å². The number of esters is 1. The second-order valence-corrected chi connectivity index (χ2v) is 21.7. The van der Waals surface area contributed by atoms with Crippen LogP contribution in [0.4, 0.5) is 0 Å². The van der Waals surface area contributed by atoms with Crippen LogP contribution in [-0.4, -0.2) is 67.3 Å². The lowest BCUT2D eigenvalue weighted by Crippen LogP contribution is -2.67. The molecule has 1 aromatic heterocycles. The lowest BCUT2D eigenvalue weighted by molar-refractivity contribution is -0.149. The van der Waals surface area contributed by atoms with Gasteiger partial charge in [0.2, 0.25) is 5.91 Å². The minimum Gasteiger partial charge on any atom is -0.455 e. The lowest BCUT2D eigenvalue weighted by atomic mass is 9.92. The van der Waals surface area contributed by atoms with E-state index < -0.39 is 26.4 Å². The molecule has 0 unspecified atom stereocenters. The summed E-state index contributed by atoms with van der Waals surface area (Å²) in [5.74, 6) is -0.838. The second kappa shape index (κ2) is 21.0. The quantitative estimate of drug-likeness (QED) is 0.0693. The predicted octanol–water partition coefficient (Wildman–Crippen LogP) is 7.69. The number of benzene rings is 3. The van der Waals surface area contributed by atoms with Crippen molar-refractivity contribution in [3.63, 3.8) is 0 Å². The highest BCUT2D eigenvalue weighted by atomic mass is 32.1. The van der Waals surface area contributed by atoms with Gasteiger partial charge in [0.05, 0.1) is 18.7 Å². The van der Waals surface area contributed by atoms with Gasteiger partial charge in [-0.3, -0.25) is 14.4 Å². The molecule has 0 fully saturated rings. The molecule has 0 spiro atoms. The van der Waals surface area contributed by atoms with Gasteiger partial charge in [-0.15, -0.1) is 11.3 Å². The molecule has 4 rings (SSSR count). The monoisotopic (exact) mass is 812 g/mol. The van der Waals surface area contributed by atoms with Crippen molar-refractivity contribution in [3.05, 3.63) is 113 Å². The van der Waals surface area contributed by atoms with E-state index in [2.05, 4.69) is 101 Å². The van der Waals surface area contributed by atoms with Crippen molar-refractivity contribution < 1.29 is 23.5 Å². The van der Waals surface area contributed by atoms with Crippen LogP contribution in [0.3, 0.4) is 0 Å². The fraction of sp³-hybridized carbons (Fsp3) is 0.478. The number of rotatable bonds is 20. The van der Waals surface area contributed by atoms with Gasteiger partial charge in [-0.05, 0) is 45.7 Å². The van der Waals surface area contributed by atoms with E-state index >= 15 is 0 Å². The normalized spacial score (nSPS) is 14.6. The SMILES string of the molecule is CCCN(C(=O)[C@@H](N)[C@@H](C)CC)[C@H](C[C@@H](OC(C)=O)c1nc(C(=O)N[C@H](CO[Si](c2ccccc2)(c2ccccc2)C(C)(C)C)Cc2ccccc2)cs1)C(C)C. The van der Waals surface area contributed by atoms with Crippen LogP contribution >= 0.6 is 11.3 Å². The molecule has 1 heterocycles. The van der Waals surface area contributed by atoms with Crippen molar-refractivity contribution in [2.75, 3.05) is 13.2 Å². The van der Waals surface area contributed by atoms with E-state index in [0.29, 0.717) is 24.4 Å². The summed E-state index contributed by atoms with van der Waals surface area (Å²) in [4.78, 5) is 47.1. The summed E-state index contributed by atoms with van der Waals surface area (Å²) in [7, 11) is -2.90. The third kappa shape index (κ3) is 11.7. The number of amides is 2. The summed E-state index contributed by atoms with van der Waals surface area (Å²) in [6.45, 7) is 19.1. The number of carbonyl (C=O) groups excluding carboxylic acids is 3. The van der Waals surface area contributed by atoms with Crippen LogP contribution in [-0.2, 0) is 25.2 Å². The third-order valence-corrected chi connectivity index (χ3v) is 16.8. The van der Waals surface area contributed by atoms with Crippen LogP contribution < -0.4 is 21.4 Å². The second-order valence-electron chi connectivity index (χ2n) is 16.5. The molecule has 0 aliphatic carbocycles. The summed E-state index contributed by atoms with van der Waals surface area (Å²) < 4.78 is 13.2. The average molecular weight is 813 g/mol. The molecular formula is C46H64N4O5SSi. The van der Waals surface area contributed by atoms with Gasteiger partial charge >= 0.3 is 5.97 Å². The molecule has 0 aliphatic rings. The molecule has 0 saturated carbocycles. The predicted molar refractivity (Wildman–Crippen MR) is 234 cm³/mol. The fourth-order valence-corrected chi connectivity index (χ4v) is 13.0. The molecule has 57 heavy (non-hydrogen) atoms. The Labute approximate surface area is 345 Å². The number of hydrogen-bond acceptors (Lipinski definition) is 8. The Hall–Kier alpha value is -4.16. The maximum atomic E-state index is 14.2. The van der Waals surface area contributed by atoms with Crippen molar-refractivity contribution in [1.82, 2.24) is 15.2 Å². The minimum absolute atomic E-state index is 0.0222. The lowest BCUT2D eigenvalue weighted by Gasteiger charge is -2.43. The number of carbonyl (C=O) groups is 3. The topological polar surface area (TPSA) is 124 Å². The number of nitrogens with zero attached hydrogens (tertiary/aromatic N) is 2. The first kappa shape index (κ1) is 45.5. The van der Waals surface area contributed by atoms with Gasteiger partial charge in [0.25, 0.3) is 14.2 Å². The molecule has 0 bridgehead atoms. The van der Waals surface area contributed by atoms with Crippen LogP contribution in [0, 0.1) is 11.8 Å². The maximum absolute atomic E-state index is 14.2. The van der Waals surface area contributed by atoms with Gasteiger partial charge in [0.15, 0.2) is 6.10 Å². The van der Waals surface area contributed by atoms with Crippen LogP contribution in [0.15, 0.2) is 96.4 Å². The number of aromatic nitrogens is 1. The summed E-state index contributed by atoms with van der Waals surface area (Å²) in [6.07, 6.45) is 1.66. The zero-order valence-electron chi connectivity index (χ0n) is 35.4. The van der Waals surface area contributed by atoms with E-state index in [0.717, 1.165) is 28.8 Å². The van der Waals surface area contributed by atoms with Crippen molar-refractivity contribution in [3.8, 4) is 0 Å². The molecule has 0 aliphatic heterocycles. The third-order valence-electron chi connectivity index (χ3n) is 10.8. The zero-order valence-corrected chi connectivity index (χ0v) is 37.2. The van der Waals surface area contributed by atoms with Gasteiger partial charge in [0.1, 0.15) is 10.7 Å². The van der Waals surface area contributed by atoms with Gasteiger partial charge < -0.3 is 25.1 Å². The molecule has 308 valence electrons. The van der Waals surface area contributed by atoms with E-state index in [9.17, 15) is 14.4 Å². The zero-order chi connectivity index (χ0) is 41.8. The Balaban J connectivity index is 1.65. The molecule has 0 saturated heterocycles. The highest BCUT2D eigenvalue weighted by Gasteiger charge is 2.50.